The molecule has 0 spiro atoms. The van der Waals surface area contributed by atoms with Gasteiger partial charge in [0.15, 0.2) is 0 Å². The molecule has 0 amide bonds. The van der Waals surface area contributed by atoms with Gasteiger partial charge in [-0.2, -0.15) is 12.7 Å². The molecule has 0 aliphatic rings. The van der Waals surface area contributed by atoms with E-state index in [4.69, 9.17) is 0 Å². The van der Waals surface area contributed by atoms with Gasteiger partial charge in [0, 0.05) is 14.1 Å². The van der Waals surface area contributed by atoms with Crippen LogP contribution >= 0.6 is 0 Å². The van der Waals surface area contributed by atoms with Crippen molar-refractivity contribution in [1.29, 1.82) is 0 Å². The number of unbranched alkanes of at least 4 members (excludes halogenated alkanes) is 1. The van der Waals surface area contributed by atoms with E-state index in [0.717, 1.165) is 17.1 Å². The van der Waals surface area contributed by atoms with E-state index in [1.54, 1.807) is 0 Å². The van der Waals surface area contributed by atoms with Crippen molar-refractivity contribution in [3.8, 4) is 0 Å². The highest BCUT2D eigenvalue weighted by atomic mass is 32.2. The largest absolute Gasteiger partial charge is 0.337 e. The maximum atomic E-state index is 10.9. The lowest BCUT2D eigenvalue weighted by Gasteiger charge is -2.09. The van der Waals surface area contributed by atoms with Crippen LogP contribution in [0, 0.1) is 0 Å². The highest BCUT2D eigenvalue weighted by Gasteiger charge is 2.12. The van der Waals surface area contributed by atoms with Gasteiger partial charge in [0.1, 0.15) is 0 Å². The fourth-order valence-electron chi connectivity index (χ4n) is 0.414. The van der Waals surface area contributed by atoms with Crippen molar-refractivity contribution in [2.24, 2.45) is 0 Å². The Hall–Kier alpha value is -0.130. The van der Waals surface area contributed by atoms with Crippen molar-refractivity contribution in [3.05, 3.63) is 0 Å². The highest BCUT2D eigenvalue weighted by molar-refractivity contribution is 7.84. The Morgan fingerprint density at radius 1 is 1.36 bits per heavy atom. The third-order valence-electron chi connectivity index (χ3n) is 1.18. The molecule has 0 aliphatic carbocycles. The van der Waals surface area contributed by atoms with E-state index in [1.165, 1.54) is 14.1 Å². The fraction of sp³-hybridized carbons (Fsp3) is 1.00. The summed E-state index contributed by atoms with van der Waals surface area (Å²) in [5, 5.41) is 0. The highest BCUT2D eigenvalue weighted by Crippen LogP contribution is 1.98. The lowest BCUT2D eigenvalue weighted by molar-refractivity contribution is 0.283. The van der Waals surface area contributed by atoms with Crippen molar-refractivity contribution in [2.75, 3.05) is 20.7 Å². The van der Waals surface area contributed by atoms with Gasteiger partial charge < -0.3 is 0 Å². The van der Waals surface area contributed by atoms with Crippen molar-refractivity contribution >= 4 is 10.3 Å². The summed E-state index contributed by atoms with van der Waals surface area (Å²) in [5.41, 5.74) is 0. The van der Waals surface area contributed by atoms with Gasteiger partial charge in [0.05, 0.1) is 6.61 Å². The number of hydrogen-bond donors (Lipinski definition) is 0. The van der Waals surface area contributed by atoms with Gasteiger partial charge in [0.2, 0.25) is 0 Å². The molecule has 0 radical (unpaired) electrons. The molecule has 0 saturated heterocycles. The predicted molar refractivity (Wildman–Crippen MR) is 43.5 cm³/mol. The second-order valence-corrected chi connectivity index (χ2v) is 4.24. The van der Waals surface area contributed by atoms with Crippen LogP contribution < -0.4 is 0 Å². The minimum Gasteiger partial charge on any atom is -0.258 e. The lowest BCUT2D eigenvalue weighted by atomic mass is 10.4. The van der Waals surface area contributed by atoms with Crippen LogP contribution in [0.1, 0.15) is 19.8 Å². The maximum Gasteiger partial charge on any atom is 0.337 e. The van der Waals surface area contributed by atoms with Crippen LogP contribution in [-0.2, 0) is 14.5 Å². The van der Waals surface area contributed by atoms with E-state index in [1.807, 2.05) is 6.92 Å². The molecule has 0 aromatic rings. The summed E-state index contributed by atoms with van der Waals surface area (Å²) in [5.74, 6) is 0. The summed E-state index contributed by atoms with van der Waals surface area (Å²) in [7, 11) is -0.546. The quantitative estimate of drug-likeness (QED) is 0.584. The molecular formula is C6H15NO3S. The molecule has 5 heteroatoms. The van der Waals surface area contributed by atoms with E-state index in [0.29, 0.717) is 0 Å². The average Bonchev–Trinajstić information content (AvgIpc) is 1.88. The molecule has 0 aromatic heterocycles. The molecule has 0 aromatic carbocycles. The zero-order valence-corrected chi connectivity index (χ0v) is 8.02. The van der Waals surface area contributed by atoms with Gasteiger partial charge in [-0.25, -0.2) is 0 Å². The molecule has 0 saturated carbocycles. The van der Waals surface area contributed by atoms with Gasteiger partial charge in [-0.3, -0.25) is 4.18 Å². The minimum absolute atomic E-state index is 0.275. The second-order valence-electron chi connectivity index (χ2n) is 2.42. The Morgan fingerprint density at radius 3 is 2.27 bits per heavy atom. The van der Waals surface area contributed by atoms with E-state index in [9.17, 15) is 8.42 Å². The Labute approximate surface area is 68.4 Å². The van der Waals surface area contributed by atoms with Gasteiger partial charge in [0.25, 0.3) is 0 Å². The standard InChI is InChI=1S/C6H15NO3S/c1-4-5-6-10-11(8,9)7(2)3/h4-6H2,1-3H3. The van der Waals surface area contributed by atoms with Crippen LogP contribution in [0.25, 0.3) is 0 Å². The fourth-order valence-corrected chi connectivity index (χ4v) is 0.953. The van der Waals surface area contributed by atoms with E-state index < -0.39 is 10.3 Å². The van der Waals surface area contributed by atoms with Crippen molar-refractivity contribution in [3.63, 3.8) is 0 Å². The first-order valence-electron chi connectivity index (χ1n) is 3.57. The number of hydrogen-bond acceptors (Lipinski definition) is 3. The van der Waals surface area contributed by atoms with Gasteiger partial charge in [-0.1, -0.05) is 13.3 Å². The van der Waals surface area contributed by atoms with Crippen LogP contribution in [-0.4, -0.2) is 33.4 Å². The maximum absolute atomic E-state index is 10.9. The smallest absolute Gasteiger partial charge is 0.258 e. The molecule has 0 heterocycles. The molecule has 11 heavy (non-hydrogen) atoms. The third kappa shape index (κ3) is 4.34. The van der Waals surface area contributed by atoms with Gasteiger partial charge in [-0.05, 0) is 6.42 Å². The molecule has 0 atom stereocenters. The number of rotatable bonds is 5. The predicted octanol–water partition coefficient (Wildman–Crippen LogP) is 0.610. The zero-order chi connectivity index (χ0) is 8.91. The first-order valence-corrected chi connectivity index (χ1v) is 4.94. The molecule has 0 unspecified atom stereocenters. The number of nitrogens with zero attached hydrogens (tertiary/aromatic N) is 1. The van der Waals surface area contributed by atoms with Gasteiger partial charge in [-0.15, -0.1) is 0 Å². The Kier molecular flexibility index (Phi) is 4.63. The molecule has 0 bridgehead atoms. The Bertz CT molecular complexity index is 186. The Balaban J connectivity index is 3.75. The van der Waals surface area contributed by atoms with Crippen molar-refractivity contribution in [1.82, 2.24) is 4.31 Å². The lowest BCUT2D eigenvalue weighted by Crippen LogP contribution is -2.24. The van der Waals surface area contributed by atoms with Crippen LogP contribution in [0.2, 0.25) is 0 Å². The summed E-state index contributed by atoms with van der Waals surface area (Å²) >= 11 is 0. The average molecular weight is 181 g/mol. The molecular weight excluding hydrogens is 166 g/mol. The summed E-state index contributed by atoms with van der Waals surface area (Å²) < 4.78 is 27.5. The molecule has 0 fully saturated rings. The zero-order valence-electron chi connectivity index (χ0n) is 7.20. The van der Waals surface area contributed by atoms with Crippen LogP contribution in [0.4, 0.5) is 0 Å². The van der Waals surface area contributed by atoms with Crippen molar-refractivity contribution in [2.45, 2.75) is 19.8 Å². The van der Waals surface area contributed by atoms with Crippen LogP contribution in [0.15, 0.2) is 0 Å². The summed E-state index contributed by atoms with van der Waals surface area (Å²) in [6.07, 6.45) is 1.70. The molecule has 68 valence electrons. The Morgan fingerprint density at radius 2 is 1.91 bits per heavy atom. The van der Waals surface area contributed by atoms with Crippen LogP contribution in [0.5, 0.6) is 0 Å². The first kappa shape index (κ1) is 10.9. The SMILES string of the molecule is CCCCOS(=O)(=O)N(C)C. The third-order valence-corrected chi connectivity index (χ3v) is 2.54. The summed E-state index contributed by atoms with van der Waals surface area (Å²) in [6, 6.07) is 0. The van der Waals surface area contributed by atoms with Crippen LogP contribution in [0.3, 0.4) is 0 Å². The van der Waals surface area contributed by atoms with E-state index in [2.05, 4.69) is 4.18 Å². The van der Waals surface area contributed by atoms with E-state index >= 15 is 0 Å². The molecule has 0 rings (SSSR count). The normalized spacial score (nSPS) is 12.4. The minimum atomic E-state index is -3.44. The van der Waals surface area contributed by atoms with Crippen molar-refractivity contribution < 1.29 is 12.6 Å². The van der Waals surface area contributed by atoms with E-state index in [-0.39, 0.29) is 6.61 Å². The summed E-state index contributed by atoms with van der Waals surface area (Å²) in [4.78, 5) is 0. The molecule has 0 N–H and O–H groups in total. The topological polar surface area (TPSA) is 46.6 Å². The van der Waals surface area contributed by atoms with Gasteiger partial charge >= 0.3 is 10.3 Å². The molecule has 4 nitrogen and oxygen atoms in total. The first-order chi connectivity index (χ1) is 5.00. The monoisotopic (exact) mass is 181 g/mol. The summed E-state index contributed by atoms with van der Waals surface area (Å²) in [6.45, 7) is 2.25. The second kappa shape index (κ2) is 4.69. The molecule has 0 aliphatic heterocycles.